The third-order valence-electron chi connectivity index (χ3n) is 3.50. The summed E-state index contributed by atoms with van der Waals surface area (Å²) in [5.41, 5.74) is 0. The lowest BCUT2D eigenvalue weighted by Gasteiger charge is -2.27. The van der Waals surface area contributed by atoms with Gasteiger partial charge in [0.1, 0.15) is 0 Å². The van der Waals surface area contributed by atoms with E-state index in [0.29, 0.717) is 0 Å². The average Bonchev–Trinajstić information content (AvgIpc) is 3.06. The Morgan fingerprint density at radius 2 is 1.94 bits per heavy atom. The Hall–Kier alpha value is 0.310. The highest BCUT2D eigenvalue weighted by molar-refractivity contribution is 7.80. The van der Waals surface area contributed by atoms with Gasteiger partial charge in [-0.3, -0.25) is 0 Å². The second-order valence-corrected chi connectivity index (χ2v) is 6.11. The molecule has 0 radical (unpaired) electrons. The zero-order chi connectivity index (χ0) is 12.0. The van der Waals surface area contributed by atoms with Crippen molar-refractivity contribution in [1.29, 1.82) is 0 Å². The molecule has 0 heterocycles. The van der Waals surface area contributed by atoms with E-state index in [0.717, 1.165) is 23.6 Å². The van der Waals surface area contributed by atoms with Gasteiger partial charge in [-0.2, -0.15) is 12.6 Å². The van der Waals surface area contributed by atoms with E-state index < -0.39 is 0 Å². The summed E-state index contributed by atoms with van der Waals surface area (Å²) >= 11 is 4.50. The predicted octanol–water partition coefficient (Wildman–Crippen LogP) is 3.84. The van der Waals surface area contributed by atoms with Crippen LogP contribution in [0.15, 0.2) is 0 Å². The highest BCUT2D eigenvalue weighted by Gasteiger charge is 2.29. The Bertz CT molecular complexity index is 178. The minimum absolute atomic E-state index is 0.807. The first-order chi connectivity index (χ1) is 7.67. The van der Waals surface area contributed by atoms with Crippen molar-refractivity contribution in [3.8, 4) is 0 Å². The van der Waals surface area contributed by atoms with Crippen molar-refractivity contribution in [2.75, 3.05) is 18.8 Å². The van der Waals surface area contributed by atoms with E-state index in [2.05, 4.69) is 38.3 Å². The van der Waals surface area contributed by atoms with Gasteiger partial charge in [-0.1, -0.05) is 27.2 Å². The van der Waals surface area contributed by atoms with E-state index in [-0.39, 0.29) is 0 Å². The summed E-state index contributed by atoms with van der Waals surface area (Å²) < 4.78 is 0. The van der Waals surface area contributed by atoms with Crippen LogP contribution < -0.4 is 0 Å². The Labute approximate surface area is 107 Å². The van der Waals surface area contributed by atoms with Crippen LogP contribution in [0.5, 0.6) is 0 Å². The van der Waals surface area contributed by atoms with Crippen LogP contribution in [-0.4, -0.2) is 29.8 Å². The standard InChI is InChI=1S/C14H29NS/c1-4-5-13(11-16)10-15(14-6-7-14)9-8-12(2)3/h12-14,16H,4-11H2,1-3H3. The lowest BCUT2D eigenvalue weighted by molar-refractivity contribution is 0.213. The lowest BCUT2D eigenvalue weighted by atomic mass is 10.0. The quantitative estimate of drug-likeness (QED) is 0.602. The van der Waals surface area contributed by atoms with Crippen molar-refractivity contribution < 1.29 is 0 Å². The van der Waals surface area contributed by atoms with Crippen LogP contribution >= 0.6 is 12.6 Å². The van der Waals surface area contributed by atoms with E-state index in [4.69, 9.17) is 0 Å². The molecule has 0 aliphatic heterocycles. The molecule has 0 N–H and O–H groups in total. The molecule has 0 aromatic heterocycles. The molecule has 1 aliphatic carbocycles. The van der Waals surface area contributed by atoms with Gasteiger partial charge in [0.2, 0.25) is 0 Å². The first kappa shape index (κ1) is 14.4. The summed E-state index contributed by atoms with van der Waals surface area (Å²) in [4.78, 5) is 2.73. The molecule has 1 nitrogen and oxygen atoms in total. The fourth-order valence-corrected chi connectivity index (χ4v) is 2.56. The molecule has 0 bridgehead atoms. The summed E-state index contributed by atoms with van der Waals surface area (Å²) in [6.45, 7) is 9.53. The molecule has 2 heteroatoms. The third-order valence-corrected chi connectivity index (χ3v) is 4.02. The van der Waals surface area contributed by atoms with E-state index in [1.807, 2.05) is 0 Å². The van der Waals surface area contributed by atoms with Crippen molar-refractivity contribution in [1.82, 2.24) is 4.90 Å². The van der Waals surface area contributed by atoms with E-state index in [1.165, 1.54) is 45.2 Å². The van der Waals surface area contributed by atoms with Gasteiger partial charge in [-0.25, -0.2) is 0 Å². The van der Waals surface area contributed by atoms with Crippen molar-refractivity contribution in [3.05, 3.63) is 0 Å². The van der Waals surface area contributed by atoms with Crippen molar-refractivity contribution in [2.24, 2.45) is 11.8 Å². The van der Waals surface area contributed by atoms with E-state index in [9.17, 15) is 0 Å². The molecule has 1 atom stereocenters. The highest BCUT2D eigenvalue weighted by atomic mass is 32.1. The summed E-state index contributed by atoms with van der Waals surface area (Å²) in [6, 6.07) is 0.915. The van der Waals surface area contributed by atoms with Crippen LogP contribution in [0.3, 0.4) is 0 Å². The number of hydrogen-bond acceptors (Lipinski definition) is 2. The smallest absolute Gasteiger partial charge is 0.00965 e. The molecule has 1 unspecified atom stereocenters. The van der Waals surface area contributed by atoms with Crippen molar-refractivity contribution in [2.45, 2.75) is 58.9 Å². The molecule has 0 saturated heterocycles. The summed E-state index contributed by atoms with van der Waals surface area (Å²) in [5, 5.41) is 0. The fraction of sp³-hybridized carbons (Fsp3) is 1.00. The topological polar surface area (TPSA) is 3.24 Å². The van der Waals surface area contributed by atoms with Crippen molar-refractivity contribution in [3.63, 3.8) is 0 Å². The first-order valence-corrected chi connectivity index (χ1v) is 7.65. The second-order valence-electron chi connectivity index (χ2n) is 5.75. The maximum Gasteiger partial charge on any atom is 0.00965 e. The maximum atomic E-state index is 4.50. The molecular formula is C14H29NS. The largest absolute Gasteiger partial charge is 0.300 e. The minimum atomic E-state index is 0.807. The monoisotopic (exact) mass is 243 g/mol. The Morgan fingerprint density at radius 1 is 1.25 bits per heavy atom. The molecule has 1 rings (SSSR count). The molecule has 0 spiro atoms. The SMILES string of the molecule is CCCC(CS)CN(CCC(C)C)C1CC1. The molecular weight excluding hydrogens is 214 g/mol. The molecule has 96 valence electrons. The maximum absolute atomic E-state index is 4.50. The zero-order valence-electron chi connectivity index (χ0n) is 11.3. The Kier molecular flexibility index (Phi) is 6.83. The van der Waals surface area contributed by atoms with Crippen LogP contribution in [0.2, 0.25) is 0 Å². The number of nitrogens with zero attached hydrogens (tertiary/aromatic N) is 1. The number of hydrogen-bond donors (Lipinski definition) is 1. The fourth-order valence-electron chi connectivity index (χ4n) is 2.27. The van der Waals surface area contributed by atoms with Gasteiger partial charge >= 0.3 is 0 Å². The molecule has 1 aliphatic rings. The average molecular weight is 243 g/mol. The first-order valence-electron chi connectivity index (χ1n) is 7.02. The Balaban J connectivity index is 2.31. The third kappa shape index (κ3) is 5.58. The summed E-state index contributed by atoms with van der Waals surface area (Å²) in [5.74, 6) is 2.70. The predicted molar refractivity (Wildman–Crippen MR) is 76.3 cm³/mol. The summed E-state index contributed by atoms with van der Waals surface area (Å²) in [7, 11) is 0. The van der Waals surface area contributed by atoms with Crippen LogP contribution in [0, 0.1) is 11.8 Å². The molecule has 0 aromatic rings. The molecule has 1 fully saturated rings. The number of thiol groups is 1. The normalized spacial score (nSPS) is 18.4. The van der Waals surface area contributed by atoms with Gasteiger partial charge in [0, 0.05) is 12.6 Å². The van der Waals surface area contributed by atoms with Crippen LogP contribution in [0.4, 0.5) is 0 Å². The van der Waals surface area contributed by atoms with Gasteiger partial charge in [-0.05, 0) is 49.8 Å². The van der Waals surface area contributed by atoms with Gasteiger partial charge in [0.05, 0.1) is 0 Å². The van der Waals surface area contributed by atoms with Crippen molar-refractivity contribution >= 4 is 12.6 Å². The Morgan fingerprint density at radius 3 is 2.38 bits per heavy atom. The van der Waals surface area contributed by atoms with E-state index in [1.54, 1.807) is 0 Å². The molecule has 1 saturated carbocycles. The van der Waals surface area contributed by atoms with Crippen LogP contribution in [0.25, 0.3) is 0 Å². The van der Waals surface area contributed by atoms with E-state index >= 15 is 0 Å². The number of rotatable bonds is 9. The van der Waals surface area contributed by atoms with Crippen LogP contribution in [0.1, 0.15) is 52.9 Å². The van der Waals surface area contributed by atoms with Gasteiger partial charge in [0.15, 0.2) is 0 Å². The summed E-state index contributed by atoms with van der Waals surface area (Å²) in [6.07, 6.45) is 6.86. The second kappa shape index (κ2) is 7.60. The molecule has 0 aromatic carbocycles. The molecule has 16 heavy (non-hydrogen) atoms. The molecule has 0 amide bonds. The zero-order valence-corrected chi connectivity index (χ0v) is 12.2. The van der Waals surface area contributed by atoms with Gasteiger partial charge < -0.3 is 4.90 Å². The lowest BCUT2D eigenvalue weighted by Crippen LogP contribution is -2.33. The van der Waals surface area contributed by atoms with Gasteiger partial charge in [0.25, 0.3) is 0 Å². The minimum Gasteiger partial charge on any atom is -0.300 e. The van der Waals surface area contributed by atoms with Gasteiger partial charge in [-0.15, -0.1) is 0 Å². The van der Waals surface area contributed by atoms with Crippen LogP contribution in [-0.2, 0) is 0 Å². The highest BCUT2D eigenvalue weighted by Crippen LogP contribution is 2.29.